The molecule has 2 aromatic heterocycles. The lowest BCUT2D eigenvalue weighted by molar-refractivity contribution is -0.137. The van der Waals surface area contributed by atoms with Crippen molar-refractivity contribution in [3.8, 4) is 23.1 Å². The molecule has 0 radical (unpaired) electrons. The summed E-state index contributed by atoms with van der Waals surface area (Å²) in [5, 5.41) is 5.39. The Labute approximate surface area is 324 Å². The number of methoxy groups -OCH3 is 2. The van der Waals surface area contributed by atoms with Gasteiger partial charge in [-0.3, -0.25) is 9.59 Å². The fourth-order valence-electron chi connectivity index (χ4n) is 6.96. The van der Waals surface area contributed by atoms with Crippen LogP contribution >= 0.6 is 11.8 Å². The van der Waals surface area contributed by atoms with E-state index in [2.05, 4.69) is 37.4 Å². The fraction of sp³-hybridized carbons (Fsp3) is 0.450. The molecule has 2 aliphatic rings. The molecule has 6 rings (SSSR count). The fourth-order valence-corrected chi connectivity index (χ4v) is 8.01. The lowest BCUT2D eigenvalue weighted by atomic mass is 10.0. The van der Waals surface area contributed by atoms with Gasteiger partial charge in [0.15, 0.2) is 0 Å². The molecule has 290 valence electrons. The Kier molecular flexibility index (Phi) is 12.3. The molecule has 4 atom stereocenters. The number of carbonyl (C=O) groups is 4. The van der Waals surface area contributed by atoms with E-state index in [9.17, 15) is 19.2 Å². The molecular weight excluding hydrogens is 721 g/mol. The van der Waals surface area contributed by atoms with Gasteiger partial charge in [0, 0.05) is 35.7 Å². The van der Waals surface area contributed by atoms with Crippen molar-refractivity contribution in [2.45, 2.75) is 64.7 Å². The van der Waals surface area contributed by atoms with Gasteiger partial charge in [0.2, 0.25) is 11.8 Å². The molecule has 4 amide bonds. The summed E-state index contributed by atoms with van der Waals surface area (Å²) < 4.78 is 9.52. The Bertz CT molecular complexity index is 2080. The number of imidazole rings is 2. The third-order valence-electron chi connectivity index (χ3n) is 10.0. The molecule has 0 aliphatic carbocycles. The van der Waals surface area contributed by atoms with Crippen LogP contribution in [0.1, 0.15) is 75.4 Å². The molecule has 2 aromatic carbocycles. The van der Waals surface area contributed by atoms with E-state index in [1.807, 2.05) is 70.2 Å². The smallest absolute Gasteiger partial charge is 0.407 e. The maximum absolute atomic E-state index is 13.6. The van der Waals surface area contributed by atoms with Crippen LogP contribution in [0.3, 0.4) is 0 Å². The summed E-state index contributed by atoms with van der Waals surface area (Å²) in [4.78, 5) is 71.1. The summed E-state index contributed by atoms with van der Waals surface area (Å²) in [7, 11) is 2.57. The Morgan fingerprint density at radius 1 is 0.818 bits per heavy atom. The minimum Gasteiger partial charge on any atom is -0.453 e. The van der Waals surface area contributed by atoms with Crippen LogP contribution < -0.4 is 10.6 Å². The summed E-state index contributed by atoms with van der Waals surface area (Å²) in [6, 6.07) is 11.8. The van der Waals surface area contributed by atoms with Gasteiger partial charge in [-0.1, -0.05) is 51.7 Å². The van der Waals surface area contributed by atoms with E-state index in [4.69, 9.17) is 14.5 Å². The summed E-state index contributed by atoms with van der Waals surface area (Å²) in [6.07, 6.45) is 2.12. The van der Waals surface area contributed by atoms with Crippen LogP contribution in [0, 0.1) is 23.7 Å². The number of nitrogens with zero attached hydrogens (tertiary/aromatic N) is 4. The number of ether oxygens (including phenoxy) is 2. The maximum Gasteiger partial charge on any atom is 0.407 e. The normalized spacial score (nSPS) is 18.1. The van der Waals surface area contributed by atoms with E-state index in [-0.39, 0.29) is 35.7 Å². The van der Waals surface area contributed by atoms with Crippen molar-refractivity contribution < 1.29 is 28.7 Å². The van der Waals surface area contributed by atoms with Crippen molar-refractivity contribution in [2.24, 2.45) is 11.8 Å². The van der Waals surface area contributed by atoms with E-state index in [1.54, 1.807) is 27.8 Å². The number of benzene rings is 2. The van der Waals surface area contributed by atoms with E-state index < -0.39 is 24.3 Å². The highest BCUT2D eigenvalue weighted by Crippen LogP contribution is 2.33. The molecule has 14 nitrogen and oxygen atoms in total. The van der Waals surface area contributed by atoms with Crippen LogP contribution in [-0.4, -0.2) is 105 Å². The monoisotopic (exact) mass is 768 g/mol. The Morgan fingerprint density at radius 3 is 2.07 bits per heavy atom. The standard InChI is InChI=1S/C40H48N8O6S/c1-23(2)33(45-39(51)53-5)37(49)47-17-7-8-31(47)36-42-28-16-13-26(20-29(28)43-36)10-9-25-11-14-27(15-12-25)30-21-41-35(44-30)32-22-55-19-18-48(32)38(50)34(24(3)4)46-40(52)54-6/h11-16,20-21,23-24,31-34H,7-8,17-19,22H2,1-6H3,(H,41,44)(H,42,43)(H,45,51)(H,46,52). The topological polar surface area (TPSA) is 175 Å². The first-order valence-corrected chi connectivity index (χ1v) is 19.7. The largest absolute Gasteiger partial charge is 0.453 e. The van der Waals surface area contributed by atoms with Crippen molar-refractivity contribution in [1.29, 1.82) is 0 Å². The Hall–Kier alpha value is -5.49. The number of hydrogen-bond acceptors (Lipinski definition) is 9. The van der Waals surface area contributed by atoms with E-state index >= 15 is 0 Å². The van der Waals surface area contributed by atoms with Crippen LogP contribution in [-0.2, 0) is 19.1 Å². The average Bonchev–Trinajstić information content (AvgIpc) is 3.98. The number of amides is 4. The van der Waals surface area contributed by atoms with Gasteiger partial charge in [0.25, 0.3) is 0 Å². The Balaban J connectivity index is 1.13. The predicted molar refractivity (Wildman–Crippen MR) is 210 cm³/mol. The minimum absolute atomic E-state index is 0.113. The van der Waals surface area contributed by atoms with Crippen molar-refractivity contribution in [3.05, 3.63) is 71.4 Å². The third kappa shape index (κ3) is 8.91. The number of H-pyrrole nitrogens is 2. The van der Waals surface area contributed by atoms with Crippen LogP contribution in [0.15, 0.2) is 48.7 Å². The zero-order valence-corrected chi connectivity index (χ0v) is 32.8. The van der Waals surface area contributed by atoms with Crippen LogP contribution in [0.2, 0.25) is 0 Å². The molecule has 2 saturated heterocycles. The van der Waals surface area contributed by atoms with Gasteiger partial charge in [-0.15, -0.1) is 0 Å². The number of likely N-dealkylation sites (tertiary alicyclic amines) is 1. The molecule has 4 unspecified atom stereocenters. The molecule has 55 heavy (non-hydrogen) atoms. The number of alkyl carbamates (subject to hydrolysis) is 2. The second-order valence-electron chi connectivity index (χ2n) is 14.4. The van der Waals surface area contributed by atoms with E-state index in [1.165, 1.54) is 14.2 Å². The van der Waals surface area contributed by atoms with Crippen molar-refractivity contribution >= 4 is 46.8 Å². The number of fused-ring (bicyclic) bond motifs is 1. The summed E-state index contributed by atoms with van der Waals surface area (Å²) in [5.41, 5.74) is 5.03. The molecule has 4 aromatic rings. The number of nitrogens with one attached hydrogen (secondary N) is 4. The second-order valence-corrected chi connectivity index (χ2v) is 15.5. The van der Waals surface area contributed by atoms with Crippen LogP contribution in [0.4, 0.5) is 9.59 Å². The molecule has 4 heterocycles. The van der Waals surface area contributed by atoms with Crippen LogP contribution in [0.5, 0.6) is 0 Å². The van der Waals surface area contributed by atoms with Gasteiger partial charge in [-0.05, 0) is 60.6 Å². The molecule has 4 N–H and O–H groups in total. The molecule has 2 aliphatic heterocycles. The van der Waals surface area contributed by atoms with Gasteiger partial charge in [-0.2, -0.15) is 11.8 Å². The highest BCUT2D eigenvalue weighted by atomic mass is 32.2. The predicted octanol–water partition coefficient (Wildman–Crippen LogP) is 5.39. The zero-order chi connectivity index (χ0) is 39.2. The number of aromatic nitrogens is 4. The molecular formula is C40H48N8O6S. The van der Waals surface area contributed by atoms with E-state index in [0.717, 1.165) is 52.0 Å². The average molecular weight is 769 g/mol. The molecule has 0 spiro atoms. The highest BCUT2D eigenvalue weighted by molar-refractivity contribution is 7.99. The van der Waals surface area contributed by atoms with Crippen molar-refractivity contribution in [1.82, 2.24) is 40.4 Å². The number of aromatic amines is 2. The quantitative estimate of drug-likeness (QED) is 0.163. The number of carbonyl (C=O) groups excluding carboxylic acids is 4. The number of hydrogen-bond donors (Lipinski definition) is 4. The first-order chi connectivity index (χ1) is 26.5. The highest BCUT2D eigenvalue weighted by Gasteiger charge is 2.38. The van der Waals surface area contributed by atoms with Gasteiger partial charge < -0.3 is 39.9 Å². The second kappa shape index (κ2) is 17.3. The molecule has 15 heteroatoms. The molecule has 0 saturated carbocycles. The first-order valence-electron chi connectivity index (χ1n) is 18.5. The number of thioether (sulfide) groups is 1. The van der Waals surface area contributed by atoms with Crippen LogP contribution in [0.25, 0.3) is 22.3 Å². The number of rotatable bonds is 9. The summed E-state index contributed by atoms with van der Waals surface area (Å²) >= 11 is 1.76. The SMILES string of the molecule is COC(=O)NC(C(=O)N1CCSCC1c1ncc(-c2ccc(C#Cc3ccc4nc(C5CCCN5C(=O)C(NC(=O)OC)C(C)C)[nH]c4c3)cc2)[nH]1)C(C)C. The summed E-state index contributed by atoms with van der Waals surface area (Å²) in [5.74, 6) is 8.86. The Morgan fingerprint density at radius 2 is 1.44 bits per heavy atom. The van der Waals surface area contributed by atoms with Gasteiger partial charge in [0.1, 0.15) is 23.7 Å². The maximum atomic E-state index is 13.6. The third-order valence-corrected chi connectivity index (χ3v) is 11.0. The van der Waals surface area contributed by atoms with E-state index in [0.29, 0.717) is 30.5 Å². The zero-order valence-electron chi connectivity index (χ0n) is 32.0. The lowest BCUT2D eigenvalue weighted by Gasteiger charge is -2.37. The summed E-state index contributed by atoms with van der Waals surface area (Å²) in [6.45, 7) is 8.71. The van der Waals surface area contributed by atoms with Gasteiger partial charge in [-0.25, -0.2) is 19.6 Å². The minimum atomic E-state index is -0.706. The van der Waals surface area contributed by atoms with Crippen molar-refractivity contribution in [3.63, 3.8) is 0 Å². The van der Waals surface area contributed by atoms with Gasteiger partial charge in [0.05, 0.1) is 49.2 Å². The van der Waals surface area contributed by atoms with Gasteiger partial charge >= 0.3 is 12.2 Å². The molecule has 2 fully saturated rings. The molecule has 0 bridgehead atoms. The lowest BCUT2D eigenvalue weighted by Crippen LogP contribution is -2.54. The van der Waals surface area contributed by atoms with Crippen molar-refractivity contribution in [2.75, 3.05) is 38.8 Å². The first kappa shape index (κ1) is 39.2.